The summed E-state index contributed by atoms with van der Waals surface area (Å²) >= 11 is 0. The van der Waals surface area contributed by atoms with Crippen LogP contribution in [0.15, 0.2) is 77.0 Å². The average molecular weight is 498 g/mol. The average Bonchev–Trinajstić information content (AvgIpc) is 3.52. The second-order valence-corrected chi connectivity index (χ2v) is 9.03. The van der Waals surface area contributed by atoms with Crippen LogP contribution in [0.25, 0.3) is 17.0 Å². The van der Waals surface area contributed by atoms with Gasteiger partial charge in [0.2, 0.25) is 0 Å². The Kier molecular flexibility index (Phi) is 6.64. The number of hydrogen-bond donors (Lipinski definition) is 1. The van der Waals surface area contributed by atoms with Gasteiger partial charge in [-0.25, -0.2) is 4.79 Å². The maximum absolute atomic E-state index is 13.1. The van der Waals surface area contributed by atoms with E-state index in [-0.39, 0.29) is 12.1 Å². The Morgan fingerprint density at radius 3 is 2.62 bits per heavy atom. The molecule has 188 valence electrons. The summed E-state index contributed by atoms with van der Waals surface area (Å²) in [5.41, 5.74) is 4.01. The molecule has 1 N–H and O–H groups in total. The molecule has 5 rings (SSSR count). The highest BCUT2D eigenvalue weighted by atomic mass is 16.5. The molecular formula is C29H27N3O5. The van der Waals surface area contributed by atoms with Crippen molar-refractivity contribution in [2.75, 3.05) is 6.61 Å². The van der Waals surface area contributed by atoms with Gasteiger partial charge in [-0.2, -0.15) is 0 Å². The van der Waals surface area contributed by atoms with Gasteiger partial charge < -0.3 is 13.7 Å². The van der Waals surface area contributed by atoms with E-state index >= 15 is 0 Å². The van der Waals surface area contributed by atoms with E-state index in [4.69, 9.17) is 9.15 Å². The molecule has 2 aromatic heterocycles. The molecule has 0 saturated carbocycles. The minimum atomic E-state index is -0.769. The van der Waals surface area contributed by atoms with Gasteiger partial charge in [-0.15, -0.1) is 0 Å². The Hall–Kier alpha value is -4.59. The number of aromatic nitrogens is 1. The van der Waals surface area contributed by atoms with Crippen molar-refractivity contribution < 1.29 is 23.5 Å². The van der Waals surface area contributed by atoms with E-state index in [1.807, 2.05) is 42.6 Å². The first-order chi connectivity index (χ1) is 17.9. The smallest absolute Gasteiger partial charge is 0.331 e. The Morgan fingerprint density at radius 1 is 1.00 bits per heavy atom. The Labute approximate surface area is 214 Å². The zero-order valence-corrected chi connectivity index (χ0v) is 20.7. The summed E-state index contributed by atoms with van der Waals surface area (Å²) in [6.45, 7) is 5.31. The quantitative estimate of drug-likeness (QED) is 0.210. The van der Waals surface area contributed by atoms with Crippen LogP contribution in [0.5, 0.6) is 5.75 Å². The van der Waals surface area contributed by atoms with E-state index < -0.39 is 17.8 Å². The van der Waals surface area contributed by atoms with E-state index in [0.717, 1.165) is 33.5 Å². The first-order valence-corrected chi connectivity index (χ1v) is 12.1. The lowest BCUT2D eigenvalue weighted by Crippen LogP contribution is -2.53. The van der Waals surface area contributed by atoms with Crippen LogP contribution in [-0.2, 0) is 22.7 Å². The molecule has 1 fully saturated rings. The number of nitrogens with one attached hydrogen (secondary N) is 1. The number of nitrogens with zero attached hydrogens (tertiary/aromatic N) is 2. The van der Waals surface area contributed by atoms with Gasteiger partial charge in [-0.3, -0.25) is 19.8 Å². The topological polar surface area (TPSA) is 93.8 Å². The predicted molar refractivity (Wildman–Crippen MR) is 139 cm³/mol. The summed E-state index contributed by atoms with van der Waals surface area (Å²) < 4.78 is 13.3. The largest absolute Gasteiger partial charge is 0.494 e. The zero-order valence-electron chi connectivity index (χ0n) is 20.7. The number of hydrogen-bond acceptors (Lipinski definition) is 5. The summed E-state index contributed by atoms with van der Waals surface area (Å²) in [6.07, 6.45) is 5.70. The lowest BCUT2D eigenvalue weighted by Gasteiger charge is -2.25. The minimum absolute atomic E-state index is 0.0649. The maximum atomic E-state index is 13.1. The summed E-state index contributed by atoms with van der Waals surface area (Å²) in [7, 11) is 0. The van der Waals surface area contributed by atoms with Crippen molar-refractivity contribution in [1.29, 1.82) is 0 Å². The van der Waals surface area contributed by atoms with Crippen LogP contribution in [0.3, 0.4) is 0 Å². The molecule has 0 bridgehead atoms. The van der Waals surface area contributed by atoms with Gasteiger partial charge in [-0.1, -0.05) is 24.3 Å². The second kappa shape index (κ2) is 10.2. The molecule has 1 aliphatic heterocycles. The number of fused-ring (bicyclic) bond motifs is 1. The summed E-state index contributed by atoms with van der Waals surface area (Å²) in [5, 5.41) is 3.16. The molecule has 0 spiro atoms. The van der Waals surface area contributed by atoms with Crippen LogP contribution in [-0.4, -0.2) is 33.9 Å². The number of urea groups is 1. The number of furan rings is 1. The van der Waals surface area contributed by atoms with Gasteiger partial charge in [0, 0.05) is 29.2 Å². The molecule has 8 nitrogen and oxygen atoms in total. The Morgan fingerprint density at radius 2 is 1.84 bits per heavy atom. The number of carbonyl (C=O) groups excluding carboxylic acids is 3. The SMILES string of the molecule is Cc1ccc(OCCCn2cc(/C=C3\C(=O)NC(=O)N(Cc4ccco4)C3=O)c3ccccc32)cc1C. The second-order valence-electron chi connectivity index (χ2n) is 9.03. The van der Waals surface area contributed by atoms with Crippen LogP contribution in [0.2, 0.25) is 0 Å². The lowest BCUT2D eigenvalue weighted by atomic mass is 10.1. The van der Waals surface area contributed by atoms with Gasteiger partial charge in [0.05, 0.1) is 19.4 Å². The fourth-order valence-corrected chi connectivity index (χ4v) is 4.36. The van der Waals surface area contributed by atoms with E-state index in [2.05, 4.69) is 29.8 Å². The fraction of sp³-hybridized carbons (Fsp3) is 0.207. The molecule has 0 aliphatic carbocycles. The van der Waals surface area contributed by atoms with Gasteiger partial charge >= 0.3 is 6.03 Å². The maximum Gasteiger partial charge on any atom is 0.331 e. The number of rotatable bonds is 8. The Bertz CT molecular complexity index is 1510. The molecule has 37 heavy (non-hydrogen) atoms. The van der Waals surface area contributed by atoms with E-state index in [1.165, 1.54) is 17.4 Å². The number of ether oxygens (including phenoxy) is 1. The highest BCUT2D eigenvalue weighted by molar-refractivity contribution is 6.31. The number of imide groups is 2. The van der Waals surface area contributed by atoms with Gasteiger partial charge in [0.1, 0.15) is 17.1 Å². The van der Waals surface area contributed by atoms with Crippen molar-refractivity contribution >= 4 is 34.8 Å². The molecule has 4 aromatic rings. The molecule has 1 aliphatic rings. The first-order valence-electron chi connectivity index (χ1n) is 12.1. The zero-order chi connectivity index (χ0) is 25.9. The first kappa shape index (κ1) is 24.1. The summed E-state index contributed by atoms with van der Waals surface area (Å²) in [4.78, 5) is 39.0. The highest BCUT2D eigenvalue weighted by Crippen LogP contribution is 2.26. The van der Waals surface area contributed by atoms with Crippen LogP contribution in [0, 0.1) is 13.8 Å². The monoisotopic (exact) mass is 497 g/mol. The van der Waals surface area contributed by atoms with Crippen LogP contribution in [0.1, 0.15) is 28.9 Å². The third-order valence-corrected chi connectivity index (χ3v) is 6.49. The van der Waals surface area contributed by atoms with Crippen LogP contribution < -0.4 is 10.1 Å². The molecule has 3 heterocycles. The normalized spacial score (nSPS) is 15.0. The molecular weight excluding hydrogens is 470 g/mol. The lowest BCUT2D eigenvalue weighted by molar-refractivity contribution is -0.130. The predicted octanol–water partition coefficient (Wildman–Crippen LogP) is 4.98. The van der Waals surface area contributed by atoms with Crippen molar-refractivity contribution in [2.45, 2.75) is 33.4 Å². The molecule has 0 atom stereocenters. The number of amides is 4. The van der Waals surface area contributed by atoms with Crippen molar-refractivity contribution in [3.63, 3.8) is 0 Å². The standard InChI is InChI=1S/C29H27N3O5/c1-19-10-11-22(15-20(19)2)36-14-6-12-31-17-21(24-8-3-4-9-26(24)31)16-25-27(33)30-29(35)32(28(25)34)18-23-7-5-13-37-23/h3-5,7-11,13,15-17H,6,12,14,18H2,1-2H3,(H,30,33,35)/b25-16+. The third-order valence-electron chi connectivity index (χ3n) is 6.49. The minimum Gasteiger partial charge on any atom is -0.494 e. The highest BCUT2D eigenvalue weighted by Gasteiger charge is 2.36. The van der Waals surface area contributed by atoms with Gasteiger partial charge in [-0.05, 0) is 67.8 Å². The van der Waals surface area contributed by atoms with Crippen molar-refractivity contribution in [1.82, 2.24) is 14.8 Å². The summed E-state index contributed by atoms with van der Waals surface area (Å²) in [5.74, 6) is -0.0914. The fourth-order valence-electron chi connectivity index (χ4n) is 4.36. The number of aryl methyl sites for hydroxylation is 3. The molecule has 1 saturated heterocycles. The van der Waals surface area contributed by atoms with Crippen molar-refractivity contribution in [3.05, 3.63) is 95.1 Å². The molecule has 2 aromatic carbocycles. The van der Waals surface area contributed by atoms with Crippen LogP contribution >= 0.6 is 0 Å². The molecule has 0 unspecified atom stereocenters. The molecule has 4 amide bonds. The number of barbiturate groups is 1. The van der Waals surface area contributed by atoms with Crippen molar-refractivity contribution in [2.24, 2.45) is 0 Å². The number of carbonyl (C=O) groups is 3. The van der Waals surface area contributed by atoms with Gasteiger partial charge in [0.25, 0.3) is 11.8 Å². The van der Waals surface area contributed by atoms with E-state index in [9.17, 15) is 14.4 Å². The van der Waals surface area contributed by atoms with Gasteiger partial charge in [0.15, 0.2) is 0 Å². The number of benzene rings is 2. The third kappa shape index (κ3) is 5.04. The van der Waals surface area contributed by atoms with E-state index in [0.29, 0.717) is 18.9 Å². The van der Waals surface area contributed by atoms with E-state index in [1.54, 1.807) is 18.2 Å². The molecule has 8 heteroatoms. The van der Waals surface area contributed by atoms with Crippen molar-refractivity contribution in [3.8, 4) is 5.75 Å². The number of para-hydroxylation sites is 1. The summed E-state index contributed by atoms with van der Waals surface area (Å²) in [6, 6.07) is 16.4. The Balaban J connectivity index is 1.35. The van der Waals surface area contributed by atoms with Crippen LogP contribution in [0.4, 0.5) is 4.79 Å². The molecule has 0 radical (unpaired) electrons.